The number of aliphatic hydroxyl groups excluding tert-OH is 1. The average Bonchev–Trinajstić information content (AvgIpc) is 2.47. The van der Waals surface area contributed by atoms with Gasteiger partial charge in [0, 0.05) is 11.4 Å². The molecule has 0 bridgehead atoms. The van der Waals surface area contributed by atoms with Gasteiger partial charge in [-0.2, -0.15) is 0 Å². The van der Waals surface area contributed by atoms with Crippen LogP contribution in [0.2, 0.25) is 5.02 Å². The van der Waals surface area contributed by atoms with Crippen LogP contribution < -0.4 is 11.1 Å². The Bertz CT molecular complexity index is 555. The van der Waals surface area contributed by atoms with Gasteiger partial charge in [-0.05, 0) is 38.5 Å². The summed E-state index contributed by atoms with van der Waals surface area (Å²) >= 11 is 5.87. The Balaban J connectivity index is 2.83. The van der Waals surface area contributed by atoms with Crippen LogP contribution in [0.25, 0.3) is 0 Å². The summed E-state index contributed by atoms with van der Waals surface area (Å²) < 4.78 is 5.24. The molecule has 1 rings (SSSR count). The van der Waals surface area contributed by atoms with E-state index < -0.39 is 17.7 Å². The van der Waals surface area contributed by atoms with Gasteiger partial charge in [-0.15, -0.1) is 0 Å². The summed E-state index contributed by atoms with van der Waals surface area (Å²) in [5.41, 5.74) is 6.17. The number of alkyl carbamates (subject to hydrolysis) is 1. The van der Waals surface area contributed by atoms with Crippen LogP contribution in [0.3, 0.4) is 0 Å². The molecule has 8 heteroatoms. The summed E-state index contributed by atoms with van der Waals surface area (Å²) in [6.07, 6.45) is -0.226. The molecule has 0 fully saturated rings. The van der Waals surface area contributed by atoms with Crippen molar-refractivity contribution in [1.29, 1.82) is 0 Å². The minimum absolute atomic E-state index is 0.0147. The van der Waals surface area contributed by atoms with E-state index >= 15 is 0 Å². The van der Waals surface area contributed by atoms with Crippen molar-refractivity contribution in [3.8, 4) is 0 Å². The third-order valence-electron chi connectivity index (χ3n) is 2.75. The number of aliphatic hydroxyl groups is 1. The monoisotopic (exact) mass is 357 g/mol. The average molecular weight is 358 g/mol. The van der Waals surface area contributed by atoms with E-state index in [0.717, 1.165) is 5.56 Å². The maximum absolute atomic E-state index is 12.0. The zero-order valence-corrected chi connectivity index (χ0v) is 14.8. The molecule has 0 saturated carbocycles. The molecule has 24 heavy (non-hydrogen) atoms. The van der Waals surface area contributed by atoms with Crippen molar-refractivity contribution in [2.24, 2.45) is 10.9 Å². The van der Waals surface area contributed by atoms with Crippen LogP contribution in [0.5, 0.6) is 0 Å². The third kappa shape index (κ3) is 8.03. The lowest BCUT2D eigenvalue weighted by molar-refractivity contribution is 0.0515. The minimum Gasteiger partial charge on any atom is -0.444 e. The molecule has 1 amide bonds. The molecular formula is C16H24ClN3O4. The lowest BCUT2D eigenvalue weighted by Gasteiger charge is -2.23. The fourth-order valence-electron chi connectivity index (χ4n) is 1.76. The Kier molecular flexibility index (Phi) is 7.81. The molecule has 0 aromatic heterocycles. The van der Waals surface area contributed by atoms with E-state index in [1.807, 2.05) is 12.1 Å². The van der Waals surface area contributed by atoms with E-state index in [1.54, 1.807) is 32.9 Å². The van der Waals surface area contributed by atoms with Crippen molar-refractivity contribution in [1.82, 2.24) is 5.32 Å². The van der Waals surface area contributed by atoms with E-state index in [2.05, 4.69) is 10.5 Å². The van der Waals surface area contributed by atoms with Crippen molar-refractivity contribution in [3.63, 3.8) is 0 Å². The lowest BCUT2D eigenvalue weighted by Crippen LogP contribution is -2.47. The maximum atomic E-state index is 12.0. The SMILES string of the molecule is CC(C)(C)OC(=O)N[C@@H](Cc1ccc(Cl)cc1)/C(N)=N/OCCO. The smallest absolute Gasteiger partial charge is 0.408 e. The van der Waals surface area contributed by atoms with E-state index in [4.69, 9.17) is 32.0 Å². The van der Waals surface area contributed by atoms with E-state index in [0.29, 0.717) is 11.4 Å². The quantitative estimate of drug-likeness (QED) is 0.300. The summed E-state index contributed by atoms with van der Waals surface area (Å²) in [5.74, 6) is 0.0734. The predicted molar refractivity (Wildman–Crippen MR) is 93.0 cm³/mol. The van der Waals surface area contributed by atoms with Gasteiger partial charge in [0.1, 0.15) is 12.2 Å². The van der Waals surface area contributed by atoms with Gasteiger partial charge in [0.05, 0.1) is 12.6 Å². The van der Waals surface area contributed by atoms with Crippen molar-refractivity contribution in [3.05, 3.63) is 34.9 Å². The summed E-state index contributed by atoms with van der Waals surface area (Å²) in [6, 6.07) is 6.52. The number of benzene rings is 1. The number of carbonyl (C=O) groups excluding carboxylic acids is 1. The van der Waals surface area contributed by atoms with Gasteiger partial charge in [0.15, 0.2) is 5.84 Å². The molecular weight excluding hydrogens is 334 g/mol. The Hall–Kier alpha value is -1.99. The molecule has 1 aromatic rings. The van der Waals surface area contributed by atoms with Crippen LogP contribution >= 0.6 is 11.6 Å². The highest BCUT2D eigenvalue weighted by molar-refractivity contribution is 6.30. The van der Waals surface area contributed by atoms with Crippen LogP contribution in [-0.4, -0.2) is 41.9 Å². The molecule has 0 saturated heterocycles. The fourth-order valence-corrected chi connectivity index (χ4v) is 1.89. The third-order valence-corrected chi connectivity index (χ3v) is 3.01. The van der Waals surface area contributed by atoms with Crippen LogP contribution in [0.15, 0.2) is 29.4 Å². The number of nitrogens with one attached hydrogen (secondary N) is 1. The highest BCUT2D eigenvalue weighted by Crippen LogP contribution is 2.12. The topological polar surface area (TPSA) is 106 Å². The van der Waals surface area contributed by atoms with Gasteiger partial charge < -0.3 is 25.7 Å². The number of carbonyl (C=O) groups is 1. The molecule has 0 aliphatic heterocycles. The number of amidine groups is 1. The standard InChI is InChI=1S/C16H24ClN3O4/c1-16(2,3)24-15(22)19-13(14(18)20-23-9-8-21)10-11-4-6-12(17)7-5-11/h4-7,13,21H,8-10H2,1-3H3,(H2,18,20)(H,19,22)/t13-/m0/s1. The van der Waals surface area contributed by atoms with Crippen LogP contribution in [0.1, 0.15) is 26.3 Å². The van der Waals surface area contributed by atoms with Crippen LogP contribution in [0.4, 0.5) is 4.79 Å². The molecule has 0 aliphatic carbocycles. The summed E-state index contributed by atoms with van der Waals surface area (Å²) in [7, 11) is 0. The van der Waals surface area contributed by atoms with Crippen molar-refractivity contribution >= 4 is 23.5 Å². The second-order valence-electron chi connectivity index (χ2n) is 6.10. The van der Waals surface area contributed by atoms with Gasteiger partial charge in [-0.3, -0.25) is 0 Å². The van der Waals surface area contributed by atoms with Gasteiger partial charge in [-0.25, -0.2) is 4.79 Å². The van der Waals surface area contributed by atoms with Crippen LogP contribution in [0, 0.1) is 0 Å². The highest BCUT2D eigenvalue weighted by Gasteiger charge is 2.22. The number of nitrogens with two attached hydrogens (primary N) is 1. The van der Waals surface area contributed by atoms with E-state index in [9.17, 15) is 4.79 Å². The van der Waals surface area contributed by atoms with Crippen LogP contribution in [-0.2, 0) is 16.0 Å². The first-order chi connectivity index (χ1) is 11.2. The summed E-state index contributed by atoms with van der Waals surface area (Å²) in [6.45, 7) is 5.13. The maximum Gasteiger partial charge on any atom is 0.408 e. The number of nitrogens with zero attached hydrogens (tertiary/aromatic N) is 1. The molecule has 4 N–H and O–H groups in total. The number of hydrogen-bond donors (Lipinski definition) is 3. The second-order valence-corrected chi connectivity index (χ2v) is 6.54. The summed E-state index contributed by atoms with van der Waals surface area (Å²) in [4.78, 5) is 16.9. The van der Waals surface area contributed by atoms with Crippen molar-refractivity contribution in [2.45, 2.75) is 38.8 Å². The molecule has 0 heterocycles. The highest BCUT2D eigenvalue weighted by atomic mass is 35.5. The molecule has 0 unspecified atom stereocenters. The van der Waals surface area contributed by atoms with Crippen molar-refractivity contribution in [2.75, 3.05) is 13.2 Å². The second kappa shape index (κ2) is 9.34. The molecule has 1 aromatic carbocycles. The number of hydrogen-bond acceptors (Lipinski definition) is 5. The first-order valence-corrected chi connectivity index (χ1v) is 7.89. The first kappa shape index (κ1) is 20.1. The number of rotatable bonds is 7. The van der Waals surface area contributed by atoms with Crippen molar-refractivity contribution < 1.29 is 19.5 Å². The van der Waals surface area contributed by atoms with Gasteiger partial charge in [-0.1, -0.05) is 28.9 Å². The number of oxime groups is 1. The molecule has 134 valence electrons. The Morgan fingerprint density at radius 2 is 2.00 bits per heavy atom. The summed E-state index contributed by atoms with van der Waals surface area (Å²) in [5, 5.41) is 15.7. The van der Waals surface area contributed by atoms with E-state index in [-0.39, 0.29) is 19.0 Å². The Morgan fingerprint density at radius 1 is 1.38 bits per heavy atom. The predicted octanol–water partition coefficient (Wildman–Crippen LogP) is 2.06. The minimum atomic E-state index is -0.631. The fraction of sp³-hybridized carbons (Fsp3) is 0.500. The molecule has 0 spiro atoms. The lowest BCUT2D eigenvalue weighted by atomic mass is 10.1. The zero-order chi connectivity index (χ0) is 18.2. The molecule has 1 atom stereocenters. The molecule has 0 radical (unpaired) electrons. The van der Waals surface area contributed by atoms with Gasteiger partial charge in [0.25, 0.3) is 0 Å². The zero-order valence-electron chi connectivity index (χ0n) is 14.1. The molecule has 7 nitrogen and oxygen atoms in total. The molecule has 0 aliphatic rings. The Morgan fingerprint density at radius 3 is 2.54 bits per heavy atom. The number of ether oxygens (including phenoxy) is 1. The van der Waals surface area contributed by atoms with Gasteiger partial charge in [0.2, 0.25) is 0 Å². The number of halogens is 1. The largest absolute Gasteiger partial charge is 0.444 e. The Labute approximate surface area is 146 Å². The van der Waals surface area contributed by atoms with E-state index in [1.165, 1.54) is 0 Å². The first-order valence-electron chi connectivity index (χ1n) is 7.51. The van der Waals surface area contributed by atoms with Gasteiger partial charge >= 0.3 is 6.09 Å². The normalized spacial score (nSPS) is 13.3. The number of amides is 1.